The summed E-state index contributed by atoms with van der Waals surface area (Å²) in [6, 6.07) is -3.03. The number of ketones is 2. The first-order chi connectivity index (χ1) is 16.9. The first-order valence-electron chi connectivity index (χ1n) is 12.6. The van der Waals surface area contributed by atoms with E-state index in [4.69, 9.17) is 0 Å². The van der Waals surface area contributed by atoms with Gasteiger partial charge in [-0.15, -0.1) is 0 Å². The van der Waals surface area contributed by atoms with Gasteiger partial charge in [0.05, 0.1) is 6.04 Å². The van der Waals surface area contributed by atoms with Crippen molar-refractivity contribution in [3.05, 3.63) is 12.2 Å². The van der Waals surface area contributed by atoms with Crippen LogP contribution in [0.15, 0.2) is 12.2 Å². The van der Waals surface area contributed by atoms with Gasteiger partial charge in [0.2, 0.25) is 17.7 Å². The van der Waals surface area contributed by atoms with Gasteiger partial charge in [0.25, 0.3) is 0 Å². The van der Waals surface area contributed by atoms with Crippen molar-refractivity contribution in [1.82, 2.24) is 20.9 Å². The summed E-state index contributed by atoms with van der Waals surface area (Å²) in [6.07, 6.45) is 6.05. The zero-order chi connectivity index (χ0) is 27.4. The predicted octanol–water partition coefficient (Wildman–Crippen LogP) is 0.839. The van der Waals surface area contributed by atoms with Crippen LogP contribution in [0, 0.1) is 11.8 Å². The van der Waals surface area contributed by atoms with E-state index in [0.29, 0.717) is 25.8 Å². The second-order valence-corrected chi connectivity index (χ2v) is 10.0. The molecule has 1 radical (unpaired) electrons. The molecule has 4 atom stereocenters. The topological polar surface area (TPSA) is 142 Å². The molecule has 0 aromatic rings. The van der Waals surface area contributed by atoms with Gasteiger partial charge in [0, 0.05) is 45.7 Å². The minimum Gasteiger partial charge on any atom is -0.540 e. The molecule has 1 aliphatic rings. The maximum Gasteiger partial charge on any atom is 0.246 e. The summed E-state index contributed by atoms with van der Waals surface area (Å²) in [5, 5.41) is 8.34. The predicted molar refractivity (Wildman–Crippen MR) is 135 cm³/mol. The van der Waals surface area contributed by atoms with Crippen LogP contribution in [-0.4, -0.2) is 78.2 Å². The molecular formula is C26H41N4O6Y-. The fourth-order valence-electron chi connectivity index (χ4n) is 4.11. The molecule has 1 rings (SSSR count). The number of likely N-dealkylation sites (tertiary alicyclic amines) is 1. The number of hydrogen-bond acceptors (Lipinski definition) is 7. The normalized spacial score (nSPS) is 17.7. The molecule has 0 spiro atoms. The molecule has 1 fully saturated rings. The molecule has 0 aromatic heterocycles. The molecule has 10 nitrogen and oxygen atoms in total. The number of carbonyl (C=O) groups is 5. The van der Waals surface area contributed by atoms with E-state index in [-0.39, 0.29) is 74.9 Å². The second kappa shape index (κ2) is 17.7. The third kappa shape index (κ3) is 12.1. The fraction of sp³-hybridized carbons (Fsp3) is 0.692. The molecule has 3 N–H and O–H groups in total. The van der Waals surface area contributed by atoms with Crippen molar-refractivity contribution in [2.24, 2.45) is 11.8 Å². The van der Waals surface area contributed by atoms with Crippen molar-refractivity contribution in [2.75, 3.05) is 13.6 Å². The Balaban J connectivity index is 0.0000130. The molecule has 1 saturated heterocycles. The quantitative estimate of drug-likeness (QED) is 0.189. The van der Waals surface area contributed by atoms with Crippen molar-refractivity contribution in [1.29, 1.82) is 0 Å². The summed E-state index contributed by atoms with van der Waals surface area (Å²) in [4.78, 5) is 74.9. The monoisotopic (exact) mass is 594 g/mol. The van der Waals surface area contributed by atoms with Crippen LogP contribution in [0.3, 0.4) is 0 Å². The smallest absolute Gasteiger partial charge is 0.246 e. The summed E-state index contributed by atoms with van der Waals surface area (Å²) in [6.45, 7) is 9.21. The molecule has 1 aliphatic heterocycles. The first kappa shape index (κ1) is 35.2. The zero-order valence-corrected chi connectivity index (χ0v) is 25.7. The number of rotatable bonds is 15. The summed E-state index contributed by atoms with van der Waals surface area (Å²) < 4.78 is 0. The molecule has 1 heterocycles. The van der Waals surface area contributed by atoms with E-state index in [9.17, 15) is 28.8 Å². The summed E-state index contributed by atoms with van der Waals surface area (Å²) in [5.74, 6) is -1.75. The van der Waals surface area contributed by atoms with Crippen LogP contribution >= 0.6 is 0 Å². The van der Waals surface area contributed by atoms with Gasteiger partial charge in [-0.1, -0.05) is 40.2 Å². The maximum atomic E-state index is 13.4. The number of nitrogens with one attached hydrogen (secondary N) is 3. The summed E-state index contributed by atoms with van der Waals surface area (Å²) >= 11 is 0. The number of nitrogens with zero attached hydrogens (tertiary/aromatic N) is 1. The summed E-state index contributed by atoms with van der Waals surface area (Å²) in [5.41, 5.74) is 0. The largest absolute Gasteiger partial charge is 0.540 e. The van der Waals surface area contributed by atoms with E-state index < -0.39 is 36.0 Å². The maximum absolute atomic E-state index is 13.4. The van der Waals surface area contributed by atoms with Crippen LogP contribution < -0.4 is 16.0 Å². The van der Waals surface area contributed by atoms with E-state index in [1.807, 2.05) is 20.1 Å². The van der Waals surface area contributed by atoms with Gasteiger partial charge in [-0.2, -0.15) is 0 Å². The van der Waals surface area contributed by atoms with Gasteiger partial charge in [0.1, 0.15) is 12.1 Å². The zero-order valence-electron chi connectivity index (χ0n) is 22.8. The average molecular weight is 595 g/mol. The Kier molecular flexibility index (Phi) is 16.8. The van der Waals surface area contributed by atoms with Crippen LogP contribution in [0.5, 0.6) is 0 Å². The Labute approximate surface area is 245 Å². The third-order valence-corrected chi connectivity index (χ3v) is 6.08. The molecule has 0 aliphatic carbocycles. The van der Waals surface area contributed by atoms with Gasteiger partial charge >= 0.3 is 0 Å². The number of hydrogen-bond donors (Lipinski definition) is 3. The molecular weight excluding hydrogens is 553 g/mol. The van der Waals surface area contributed by atoms with Crippen LogP contribution in [-0.2, 0) is 61.5 Å². The number of likely N-dealkylation sites (N-methyl/N-ethyl adjacent to an activating group) is 1. The van der Waals surface area contributed by atoms with Crippen LogP contribution in [0.25, 0.3) is 0 Å². The minimum absolute atomic E-state index is 0. The van der Waals surface area contributed by atoms with Crippen molar-refractivity contribution >= 4 is 35.6 Å². The van der Waals surface area contributed by atoms with E-state index in [0.717, 1.165) is 0 Å². The van der Waals surface area contributed by atoms with Gasteiger partial charge in [-0.3, -0.25) is 24.0 Å². The summed E-state index contributed by atoms with van der Waals surface area (Å²) in [7, 11) is 1.59. The van der Waals surface area contributed by atoms with Crippen molar-refractivity contribution in [2.45, 2.75) is 90.9 Å². The van der Waals surface area contributed by atoms with Crippen LogP contribution in [0.1, 0.15) is 66.7 Å². The van der Waals surface area contributed by atoms with Gasteiger partial charge < -0.3 is 25.6 Å². The Hall–Kier alpha value is -1.78. The Bertz CT molecular complexity index is 845. The van der Waals surface area contributed by atoms with Gasteiger partial charge in [-0.05, 0) is 57.2 Å². The van der Waals surface area contributed by atoms with Crippen LogP contribution in [0.4, 0.5) is 0 Å². The average Bonchev–Trinajstić information content (AvgIpc) is 3.30. The number of carbonyl (C=O) groups excluding carboxylic acids is 6. The molecule has 0 bridgehead atoms. The minimum atomic E-state index is -0.862. The first-order valence-corrected chi connectivity index (χ1v) is 12.6. The Morgan fingerprint density at radius 3 is 2.22 bits per heavy atom. The Morgan fingerprint density at radius 1 is 1.05 bits per heavy atom. The molecule has 37 heavy (non-hydrogen) atoms. The van der Waals surface area contributed by atoms with E-state index in [2.05, 4.69) is 16.0 Å². The van der Waals surface area contributed by atoms with Crippen molar-refractivity contribution in [3.8, 4) is 0 Å². The van der Waals surface area contributed by atoms with Crippen molar-refractivity contribution < 1.29 is 61.5 Å². The number of amides is 3. The van der Waals surface area contributed by atoms with Crippen LogP contribution in [0.2, 0.25) is 0 Å². The fourth-order valence-corrected chi connectivity index (χ4v) is 4.11. The Morgan fingerprint density at radius 2 is 1.70 bits per heavy atom. The molecule has 0 saturated carbocycles. The van der Waals surface area contributed by atoms with Gasteiger partial charge in [0.15, 0.2) is 11.6 Å². The molecule has 0 aromatic carbocycles. The van der Waals surface area contributed by atoms with E-state index in [1.54, 1.807) is 20.9 Å². The van der Waals surface area contributed by atoms with E-state index in [1.165, 1.54) is 24.0 Å². The standard InChI is InChI=1S/C26H41N4O6.Y/c1-16(2)14-19(15-31)28-25(35)22-8-7-13-30(22)26(36)23(17(3)4)29-24(34)21(27-6)12-11-20(33)10-9-18(5)32;/h9-10,16-17,19,21-23,27H,7-8,11-14H2,1-6H3,(H,28,35)(H,29,34);/q-1;/b10-9-;. The van der Waals surface area contributed by atoms with Crippen molar-refractivity contribution in [3.63, 3.8) is 0 Å². The molecule has 3 amide bonds. The third-order valence-electron chi connectivity index (χ3n) is 6.08. The number of allylic oxidation sites excluding steroid dienone is 2. The SMILES string of the molecule is CNC(CCC(=O)/C=C\C(C)=O)C(=O)NC(C(=O)N1CCCC1C(=O)NC([C-]=O)CC(C)C)C(C)C.[Y]. The van der Waals surface area contributed by atoms with Gasteiger partial charge in [-0.25, -0.2) is 6.29 Å². The van der Waals surface area contributed by atoms with E-state index >= 15 is 0 Å². The molecule has 205 valence electrons. The molecule has 11 heteroatoms. The molecule has 4 unspecified atom stereocenters. The second-order valence-electron chi connectivity index (χ2n) is 10.0.